The number of nitrogens with two attached hydrogens (primary N) is 1. The van der Waals surface area contributed by atoms with Gasteiger partial charge in [0.05, 0.1) is 23.1 Å². The van der Waals surface area contributed by atoms with Gasteiger partial charge in [0.15, 0.2) is 5.65 Å². The number of anilines is 1. The molecule has 6 aromatic rings. The van der Waals surface area contributed by atoms with Crippen LogP contribution in [0.3, 0.4) is 0 Å². The summed E-state index contributed by atoms with van der Waals surface area (Å²) in [5.74, 6) is 1.26. The van der Waals surface area contributed by atoms with Gasteiger partial charge in [-0.25, -0.2) is 19.6 Å². The van der Waals surface area contributed by atoms with Crippen LogP contribution < -0.4 is 5.73 Å². The summed E-state index contributed by atoms with van der Waals surface area (Å²) in [7, 11) is 1.97. The molecule has 0 spiro atoms. The normalized spacial score (nSPS) is 11.8. The molecule has 0 amide bonds. The molecule has 0 unspecified atom stereocenters. The van der Waals surface area contributed by atoms with Gasteiger partial charge in [-0.1, -0.05) is 42.5 Å². The number of nitrogens with zero attached hydrogens (tertiary/aromatic N) is 7. The van der Waals surface area contributed by atoms with Crippen molar-refractivity contribution in [1.82, 2.24) is 34.4 Å². The molecule has 146 valence electrons. The number of benzene rings is 2. The molecule has 4 heterocycles. The van der Waals surface area contributed by atoms with Gasteiger partial charge in [0.1, 0.15) is 17.2 Å². The fraction of sp³-hybridized carbons (Fsp3) is 0.0952. The summed E-state index contributed by atoms with van der Waals surface area (Å²) in [6.45, 7) is 0.540. The monoisotopic (exact) mass is 396 g/mol. The van der Waals surface area contributed by atoms with Gasteiger partial charge in [-0.3, -0.25) is 0 Å². The van der Waals surface area contributed by atoms with E-state index in [9.17, 15) is 0 Å². The number of rotatable bonds is 3. The third-order valence-electron chi connectivity index (χ3n) is 5.33. The highest BCUT2D eigenvalue weighted by Gasteiger charge is 2.25. The molecule has 0 aliphatic heterocycles. The van der Waals surface area contributed by atoms with Gasteiger partial charge < -0.3 is 14.9 Å². The number of para-hydroxylation sites is 2. The first-order chi connectivity index (χ1) is 14.7. The van der Waals surface area contributed by atoms with Crippen LogP contribution in [-0.4, -0.2) is 34.4 Å². The van der Waals surface area contributed by atoms with Gasteiger partial charge >= 0.3 is 0 Å². The molecule has 0 saturated heterocycles. The second-order valence-corrected chi connectivity index (χ2v) is 7.12. The number of imidazole rings is 1. The van der Waals surface area contributed by atoms with Crippen LogP contribution in [0, 0.1) is 0 Å². The highest BCUT2D eigenvalue weighted by Crippen LogP contribution is 2.36. The number of nitrogen functional groups attached to an aromatic ring is 1. The van der Waals surface area contributed by atoms with Gasteiger partial charge in [0, 0.05) is 7.05 Å². The molecule has 0 bridgehead atoms. The van der Waals surface area contributed by atoms with Crippen molar-refractivity contribution in [3.8, 4) is 11.4 Å². The highest BCUT2D eigenvalue weighted by atomic mass is 16.6. The molecule has 0 aliphatic rings. The van der Waals surface area contributed by atoms with Crippen LogP contribution in [0.25, 0.3) is 44.9 Å². The molecular weight excluding hydrogens is 380 g/mol. The van der Waals surface area contributed by atoms with Gasteiger partial charge in [0.2, 0.25) is 11.3 Å². The smallest absolute Gasteiger partial charge is 0.245 e. The SMILES string of the molecule is Cn1c(-c2c(N)n(Cc3ccccc3)c3nc4nonc4nc23)nc2ccccc21. The predicted molar refractivity (Wildman–Crippen MR) is 113 cm³/mol. The van der Waals surface area contributed by atoms with E-state index in [1.807, 2.05) is 70.8 Å². The quantitative estimate of drug-likeness (QED) is 0.489. The standard InChI is InChI=1S/C21H16N8O/c1-28-14-10-6-5-9-13(14)23-20(28)15-16-21(25-19-18(24-16)26-30-27-19)29(17(15)22)11-12-7-3-2-4-8-12/h2-10H,11,22H2,1H3. The first-order valence-corrected chi connectivity index (χ1v) is 9.44. The van der Waals surface area contributed by atoms with E-state index in [0.29, 0.717) is 34.8 Å². The lowest BCUT2D eigenvalue weighted by molar-refractivity contribution is 0.314. The molecule has 0 atom stereocenters. The summed E-state index contributed by atoms with van der Waals surface area (Å²) in [5.41, 5.74) is 12.3. The average molecular weight is 396 g/mol. The molecule has 0 saturated carbocycles. The topological polar surface area (TPSA) is 113 Å². The maximum Gasteiger partial charge on any atom is 0.245 e. The molecule has 2 N–H and O–H groups in total. The molecule has 9 heteroatoms. The number of aryl methyl sites for hydroxylation is 1. The summed E-state index contributed by atoms with van der Waals surface area (Å²) in [4.78, 5) is 14.1. The summed E-state index contributed by atoms with van der Waals surface area (Å²) in [6, 6.07) is 18.0. The largest absolute Gasteiger partial charge is 0.384 e. The lowest BCUT2D eigenvalue weighted by Crippen LogP contribution is -2.06. The summed E-state index contributed by atoms with van der Waals surface area (Å²) >= 11 is 0. The Bertz CT molecular complexity index is 1540. The first-order valence-electron chi connectivity index (χ1n) is 9.44. The van der Waals surface area contributed by atoms with Crippen molar-refractivity contribution < 1.29 is 4.63 Å². The average Bonchev–Trinajstić information content (AvgIpc) is 3.43. The van der Waals surface area contributed by atoms with E-state index in [4.69, 9.17) is 15.3 Å². The minimum absolute atomic E-state index is 0.333. The fourth-order valence-corrected chi connectivity index (χ4v) is 3.87. The van der Waals surface area contributed by atoms with Gasteiger partial charge in [-0.15, -0.1) is 0 Å². The molecule has 30 heavy (non-hydrogen) atoms. The Morgan fingerprint density at radius 3 is 2.43 bits per heavy atom. The summed E-state index contributed by atoms with van der Waals surface area (Å²) in [6.07, 6.45) is 0. The number of hydrogen-bond acceptors (Lipinski definition) is 7. The lowest BCUT2D eigenvalue weighted by atomic mass is 10.2. The maximum atomic E-state index is 6.68. The lowest BCUT2D eigenvalue weighted by Gasteiger charge is -2.08. The van der Waals surface area contributed by atoms with Crippen LogP contribution >= 0.6 is 0 Å². The van der Waals surface area contributed by atoms with Crippen molar-refractivity contribution >= 4 is 39.3 Å². The van der Waals surface area contributed by atoms with E-state index in [-0.39, 0.29) is 0 Å². The second-order valence-electron chi connectivity index (χ2n) is 7.12. The van der Waals surface area contributed by atoms with Crippen LogP contribution in [0.15, 0.2) is 59.2 Å². The van der Waals surface area contributed by atoms with Crippen LogP contribution in [-0.2, 0) is 13.6 Å². The summed E-state index contributed by atoms with van der Waals surface area (Å²) < 4.78 is 8.77. The van der Waals surface area contributed by atoms with Gasteiger partial charge in [0.25, 0.3) is 0 Å². The zero-order valence-corrected chi connectivity index (χ0v) is 16.0. The Kier molecular flexibility index (Phi) is 3.40. The van der Waals surface area contributed by atoms with E-state index < -0.39 is 0 Å². The molecular formula is C21H16N8O. The van der Waals surface area contributed by atoms with Crippen molar-refractivity contribution in [2.45, 2.75) is 6.54 Å². The fourth-order valence-electron chi connectivity index (χ4n) is 3.87. The van der Waals surface area contributed by atoms with Crippen molar-refractivity contribution in [2.24, 2.45) is 7.05 Å². The Morgan fingerprint density at radius 1 is 0.900 bits per heavy atom. The third-order valence-corrected chi connectivity index (χ3v) is 5.33. The molecule has 0 fully saturated rings. The number of aromatic nitrogens is 7. The minimum atomic E-state index is 0.333. The van der Waals surface area contributed by atoms with Crippen LogP contribution in [0.1, 0.15) is 5.56 Å². The Labute approximate surface area is 169 Å². The Balaban J connectivity index is 1.68. The summed E-state index contributed by atoms with van der Waals surface area (Å²) in [5, 5.41) is 7.70. The highest BCUT2D eigenvalue weighted by molar-refractivity contribution is 6.00. The molecule has 0 aliphatic carbocycles. The van der Waals surface area contributed by atoms with Gasteiger partial charge in [-0.2, -0.15) is 0 Å². The molecule has 2 aromatic carbocycles. The van der Waals surface area contributed by atoms with E-state index in [1.54, 1.807) is 0 Å². The van der Waals surface area contributed by atoms with Crippen LogP contribution in [0.5, 0.6) is 0 Å². The predicted octanol–water partition coefficient (Wildman–Crippen LogP) is 3.15. The van der Waals surface area contributed by atoms with Crippen molar-refractivity contribution in [2.75, 3.05) is 5.73 Å². The first kappa shape index (κ1) is 16.7. The van der Waals surface area contributed by atoms with Crippen molar-refractivity contribution in [1.29, 1.82) is 0 Å². The molecule has 9 nitrogen and oxygen atoms in total. The van der Waals surface area contributed by atoms with Crippen LogP contribution in [0.2, 0.25) is 0 Å². The number of hydrogen-bond donors (Lipinski definition) is 1. The molecule has 0 radical (unpaired) electrons. The molecule has 4 aromatic heterocycles. The Morgan fingerprint density at radius 2 is 1.63 bits per heavy atom. The zero-order valence-electron chi connectivity index (χ0n) is 16.0. The minimum Gasteiger partial charge on any atom is -0.384 e. The van der Waals surface area contributed by atoms with E-state index >= 15 is 0 Å². The maximum absolute atomic E-state index is 6.68. The van der Waals surface area contributed by atoms with Crippen LogP contribution in [0.4, 0.5) is 5.82 Å². The second kappa shape index (κ2) is 6.11. The van der Waals surface area contributed by atoms with E-state index in [1.165, 1.54) is 0 Å². The van der Waals surface area contributed by atoms with E-state index in [0.717, 1.165) is 28.0 Å². The van der Waals surface area contributed by atoms with Crippen molar-refractivity contribution in [3.63, 3.8) is 0 Å². The Hall–Kier alpha value is -4.27. The number of fused-ring (bicyclic) bond motifs is 3. The van der Waals surface area contributed by atoms with E-state index in [2.05, 4.69) is 20.3 Å². The zero-order chi connectivity index (χ0) is 20.2. The van der Waals surface area contributed by atoms with Crippen molar-refractivity contribution in [3.05, 3.63) is 60.2 Å². The third kappa shape index (κ3) is 2.32. The molecule has 6 rings (SSSR count). The van der Waals surface area contributed by atoms with Gasteiger partial charge in [-0.05, 0) is 28.0 Å².